The highest BCUT2D eigenvalue weighted by atomic mass is 32.1. The van der Waals surface area contributed by atoms with E-state index in [1.54, 1.807) is 20.8 Å². The number of rotatable bonds is 7. The summed E-state index contributed by atoms with van der Waals surface area (Å²) in [5.74, 6) is -0.887. The molecule has 10 nitrogen and oxygen atoms in total. The molecule has 1 aliphatic heterocycles. The standard InChI is InChI=1S/C32H34F2N6O4S/c1-31(2,3)44-30(42)39-28-19(14-35)22-18(8-9-21(33)26(22)45-28)24-23(34)25-20(15-36-24)27(40-12-6-4-5-7-13-40)38-29(37-25)43-17-32(16-41)10-11-32/h8-9,15,41H,4-7,10-13,16-17H2,1-3H3,(H,39,42). The number of nitriles is 1. The van der Waals surface area contributed by atoms with Crippen LogP contribution in [0.25, 0.3) is 32.2 Å². The van der Waals surface area contributed by atoms with Crippen LogP contribution in [0.3, 0.4) is 0 Å². The lowest BCUT2D eigenvalue weighted by molar-refractivity contribution is 0.0636. The Bertz CT molecular complexity index is 1820. The zero-order valence-corrected chi connectivity index (χ0v) is 26.2. The Labute approximate surface area is 263 Å². The highest BCUT2D eigenvalue weighted by molar-refractivity contribution is 7.23. The zero-order valence-electron chi connectivity index (χ0n) is 25.4. The number of hydrogen-bond donors (Lipinski definition) is 2. The minimum absolute atomic E-state index is 0.00105. The smallest absolute Gasteiger partial charge is 0.412 e. The molecule has 1 saturated carbocycles. The summed E-state index contributed by atoms with van der Waals surface area (Å²) >= 11 is 0.858. The molecule has 1 aromatic carbocycles. The topological polar surface area (TPSA) is 133 Å². The van der Waals surface area contributed by atoms with E-state index in [1.807, 2.05) is 6.07 Å². The molecular weight excluding hydrogens is 602 g/mol. The van der Waals surface area contributed by atoms with Crippen LogP contribution in [0.4, 0.5) is 24.4 Å². The largest absolute Gasteiger partial charge is 0.463 e. The van der Waals surface area contributed by atoms with Crippen molar-refractivity contribution in [3.05, 3.63) is 35.5 Å². The van der Waals surface area contributed by atoms with Gasteiger partial charge >= 0.3 is 12.1 Å². The first-order valence-corrected chi connectivity index (χ1v) is 15.8. The normalized spacial score (nSPS) is 16.3. The third kappa shape index (κ3) is 6.21. The molecule has 1 amide bonds. The first-order valence-electron chi connectivity index (χ1n) is 15.0. The Morgan fingerprint density at radius 2 is 1.91 bits per heavy atom. The second kappa shape index (κ2) is 12.0. The number of pyridine rings is 1. The van der Waals surface area contributed by atoms with Crippen LogP contribution >= 0.6 is 11.3 Å². The number of hydrogen-bond acceptors (Lipinski definition) is 10. The molecule has 0 radical (unpaired) electrons. The minimum atomic E-state index is -0.804. The summed E-state index contributed by atoms with van der Waals surface area (Å²) in [6, 6.07) is 4.59. The van der Waals surface area contributed by atoms with Gasteiger partial charge in [-0.1, -0.05) is 12.8 Å². The van der Waals surface area contributed by atoms with Crippen molar-refractivity contribution in [2.45, 2.75) is 64.9 Å². The van der Waals surface area contributed by atoms with E-state index in [2.05, 4.69) is 25.2 Å². The predicted octanol–water partition coefficient (Wildman–Crippen LogP) is 6.94. The summed E-state index contributed by atoms with van der Waals surface area (Å²) in [7, 11) is 0. The maximum Gasteiger partial charge on any atom is 0.412 e. The summed E-state index contributed by atoms with van der Waals surface area (Å²) in [6.07, 6.45) is 6.45. The Morgan fingerprint density at radius 1 is 1.18 bits per heavy atom. The maximum absolute atomic E-state index is 16.7. The Balaban J connectivity index is 1.48. The van der Waals surface area contributed by atoms with Crippen LogP contribution in [0.2, 0.25) is 0 Å². The van der Waals surface area contributed by atoms with Crippen molar-refractivity contribution >= 4 is 49.2 Å². The number of fused-ring (bicyclic) bond motifs is 2. The highest BCUT2D eigenvalue weighted by Gasteiger charge is 2.43. The summed E-state index contributed by atoms with van der Waals surface area (Å²) in [5.41, 5.74) is -1.14. The van der Waals surface area contributed by atoms with Crippen molar-refractivity contribution in [3.8, 4) is 23.3 Å². The van der Waals surface area contributed by atoms with Gasteiger partial charge in [-0.2, -0.15) is 15.2 Å². The van der Waals surface area contributed by atoms with E-state index in [9.17, 15) is 15.2 Å². The lowest BCUT2D eigenvalue weighted by Crippen LogP contribution is -2.27. The molecule has 2 fully saturated rings. The third-order valence-corrected chi connectivity index (χ3v) is 9.23. The first-order chi connectivity index (χ1) is 21.5. The fourth-order valence-corrected chi connectivity index (χ4v) is 6.57. The molecular formula is C32H34F2N6O4S. The Morgan fingerprint density at radius 3 is 2.56 bits per heavy atom. The quantitative estimate of drug-likeness (QED) is 0.221. The number of carbonyl (C=O) groups excluding carboxylic acids is 1. The van der Waals surface area contributed by atoms with Crippen molar-refractivity contribution in [2.24, 2.45) is 5.41 Å². The van der Waals surface area contributed by atoms with E-state index in [0.717, 1.165) is 63.0 Å². The van der Waals surface area contributed by atoms with Crippen LogP contribution in [-0.2, 0) is 4.74 Å². The number of amides is 1. The van der Waals surface area contributed by atoms with Crippen molar-refractivity contribution in [2.75, 3.05) is 36.5 Å². The average Bonchev–Trinajstić information content (AvgIpc) is 3.75. The van der Waals surface area contributed by atoms with E-state index in [4.69, 9.17) is 9.47 Å². The molecule has 0 spiro atoms. The van der Waals surface area contributed by atoms with Crippen LogP contribution in [-0.4, -0.2) is 58.1 Å². The number of nitrogens with one attached hydrogen (secondary N) is 1. The molecule has 3 aromatic heterocycles. The van der Waals surface area contributed by atoms with Crippen LogP contribution in [0.15, 0.2) is 18.3 Å². The van der Waals surface area contributed by atoms with Crippen LogP contribution in [0.1, 0.15) is 64.9 Å². The van der Waals surface area contributed by atoms with Gasteiger partial charge in [0.25, 0.3) is 0 Å². The zero-order chi connectivity index (χ0) is 31.9. The third-order valence-electron chi connectivity index (χ3n) is 8.12. The molecule has 1 aliphatic carbocycles. The summed E-state index contributed by atoms with van der Waals surface area (Å²) in [6.45, 7) is 6.76. The molecule has 1 saturated heterocycles. The number of halogens is 2. The van der Waals surface area contributed by atoms with Gasteiger partial charge in [-0.25, -0.2) is 13.6 Å². The summed E-state index contributed by atoms with van der Waals surface area (Å²) in [5, 5.41) is 23.0. The van der Waals surface area contributed by atoms with Gasteiger partial charge in [-0.15, -0.1) is 11.3 Å². The molecule has 45 heavy (non-hydrogen) atoms. The fourth-order valence-electron chi connectivity index (χ4n) is 5.50. The molecule has 0 unspecified atom stereocenters. The van der Waals surface area contributed by atoms with Crippen molar-refractivity contribution in [3.63, 3.8) is 0 Å². The Kier molecular flexibility index (Phi) is 8.22. The molecule has 6 rings (SSSR count). The van der Waals surface area contributed by atoms with Crippen LogP contribution in [0, 0.1) is 28.4 Å². The number of aliphatic hydroxyl groups excluding tert-OH is 1. The van der Waals surface area contributed by atoms with Crippen molar-refractivity contribution < 1.29 is 28.2 Å². The lowest BCUT2D eigenvalue weighted by Gasteiger charge is -2.24. The van der Waals surface area contributed by atoms with Gasteiger partial charge in [0.05, 0.1) is 28.9 Å². The molecule has 2 N–H and O–H groups in total. The predicted molar refractivity (Wildman–Crippen MR) is 168 cm³/mol. The SMILES string of the molecule is CC(C)(C)OC(=O)Nc1sc2c(F)ccc(-c3ncc4c(N5CCCCCC5)nc(OCC5(CO)CC5)nc4c3F)c2c1C#N. The fraction of sp³-hybridized carbons (Fsp3) is 0.469. The molecule has 0 bridgehead atoms. The van der Waals surface area contributed by atoms with Gasteiger partial charge in [-0.3, -0.25) is 10.3 Å². The highest BCUT2D eigenvalue weighted by Crippen LogP contribution is 2.46. The average molecular weight is 637 g/mol. The number of thiophene rings is 1. The monoisotopic (exact) mass is 636 g/mol. The molecule has 236 valence electrons. The van der Waals surface area contributed by atoms with E-state index in [-0.39, 0.29) is 62.1 Å². The lowest BCUT2D eigenvalue weighted by atomic mass is 10.0. The maximum atomic E-state index is 16.7. The molecule has 4 heterocycles. The van der Waals surface area contributed by atoms with Gasteiger partial charge in [0.15, 0.2) is 5.82 Å². The number of aliphatic hydroxyl groups is 1. The minimum Gasteiger partial charge on any atom is -0.463 e. The van der Waals surface area contributed by atoms with Crippen molar-refractivity contribution in [1.29, 1.82) is 5.26 Å². The van der Waals surface area contributed by atoms with E-state index in [1.165, 1.54) is 18.3 Å². The van der Waals surface area contributed by atoms with Gasteiger partial charge in [0, 0.05) is 35.7 Å². The van der Waals surface area contributed by atoms with Gasteiger partial charge in [0.1, 0.15) is 39.5 Å². The van der Waals surface area contributed by atoms with Crippen LogP contribution in [0.5, 0.6) is 6.01 Å². The second-order valence-corrected chi connectivity index (χ2v) is 13.7. The number of ether oxygens (including phenoxy) is 2. The van der Waals surface area contributed by atoms with Crippen LogP contribution < -0.4 is 15.0 Å². The van der Waals surface area contributed by atoms with Gasteiger partial charge < -0.3 is 19.5 Å². The number of nitrogens with zero attached hydrogens (tertiary/aromatic N) is 5. The van der Waals surface area contributed by atoms with Gasteiger partial charge in [-0.05, 0) is 58.6 Å². The van der Waals surface area contributed by atoms with E-state index < -0.39 is 23.3 Å². The Hall–Kier alpha value is -4.15. The first kappa shape index (κ1) is 30.9. The van der Waals surface area contributed by atoms with E-state index >= 15 is 8.78 Å². The van der Waals surface area contributed by atoms with E-state index in [0.29, 0.717) is 11.2 Å². The number of benzene rings is 1. The summed E-state index contributed by atoms with van der Waals surface area (Å²) in [4.78, 5) is 28.2. The second-order valence-electron chi connectivity index (χ2n) is 12.7. The molecule has 2 aliphatic rings. The number of aromatic nitrogens is 3. The van der Waals surface area contributed by atoms with Crippen molar-refractivity contribution in [1.82, 2.24) is 15.0 Å². The van der Waals surface area contributed by atoms with Gasteiger partial charge in [0.2, 0.25) is 0 Å². The molecule has 0 atom stereocenters. The number of anilines is 2. The number of carbonyl (C=O) groups is 1. The summed E-state index contributed by atoms with van der Waals surface area (Å²) < 4.78 is 43.1. The molecule has 4 aromatic rings. The molecule has 13 heteroatoms.